The van der Waals surface area contributed by atoms with E-state index in [2.05, 4.69) is 17.4 Å². The summed E-state index contributed by atoms with van der Waals surface area (Å²) in [5.41, 5.74) is 0.694. The third-order valence-electron chi connectivity index (χ3n) is 4.94. The van der Waals surface area contributed by atoms with E-state index in [1.807, 2.05) is 18.2 Å². The maximum absolute atomic E-state index is 12.3. The molecule has 0 atom stereocenters. The van der Waals surface area contributed by atoms with E-state index >= 15 is 0 Å². The van der Waals surface area contributed by atoms with Gasteiger partial charge in [0.1, 0.15) is 0 Å². The highest BCUT2D eigenvalue weighted by atomic mass is 35.5. The predicted octanol–water partition coefficient (Wildman–Crippen LogP) is 3.49. The van der Waals surface area contributed by atoms with Crippen LogP contribution in [0.2, 0.25) is 5.02 Å². The minimum Gasteiger partial charge on any atom is -0.477 e. The molecule has 1 N–H and O–H groups in total. The molecule has 0 aromatic heterocycles. The van der Waals surface area contributed by atoms with Gasteiger partial charge in [0.2, 0.25) is 0 Å². The maximum Gasteiger partial charge on any atom is 0.312 e. The van der Waals surface area contributed by atoms with Gasteiger partial charge in [-0.3, -0.25) is 14.9 Å². The van der Waals surface area contributed by atoms with Crippen molar-refractivity contribution in [1.29, 1.82) is 0 Å². The molecule has 0 unspecified atom stereocenters. The Hall–Kier alpha value is -2.64. The molecule has 1 amide bonds. The number of halogens is 1. The standard InChI is InChI=1S/C20H21ClN2O5/c21-16-6-7-18(17(12-16)23(25)26)28-13-19(24)22-14-20(8-10-27-11-9-20)15-4-2-1-3-5-15/h1-7,12H,8-11,13-14H2,(H,22,24). The fraction of sp³-hybridized carbons (Fsp3) is 0.350. The van der Waals surface area contributed by atoms with Crippen molar-refractivity contribution in [3.8, 4) is 5.75 Å². The van der Waals surface area contributed by atoms with E-state index in [0.29, 0.717) is 19.8 Å². The average molecular weight is 405 g/mol. The fourth-order valence-corrected chi connectivity index (χ4v) is 3.51. The zero-order valence-corrected chi connectivity index (χ0v) is 16.0. The first-order chi connectivity index (χ1) is 13.5. The summed E-state index contributed by atoms with van der Waals surface area (Å²) in [6, 6.07) is 14.1. The van der Waals surface area contributed by atoms with Gasteiger partial charge in [0.25, 0.3) is 5.91 Å². The summed E-state index contributed by atoms with van der Waals surface area (Å²) in [4.78, 5) is 22.8. The smallest absolute Gasteiger partial charge is 0.312 e. The lowest BCUT2D eigenvalue weighted by atomic mass is 9.74. The topological polar surface area (TPSA) is 90.7 Å². The summed E-state index contributed by atoms with van der Waals surface area (Å²) >= 11 is 5.78. The number of carbonyl (C=O) groups is 1. The van der Waals surface area contributed by atoms with Crippen LogP contribution in [0.15, 0.2) is 48.5 Å². The minimum absolute atomic E-state index is 0.00777. The van der Waals surface area contributed by atoms with Crippen LogP contribution in [-0.4, -0.2) is 37.2 Å². The summed E-state index contributed by atoms with van der Waals surface area (Å²) in [6.45, 7) is 1.41. The van der Waals surface area contributed by atoms with Crippen LogP contribution < -0.4 is 10.1 Å². The number of hydrogen-bond acceptors (Lipinski definition) is 5. The lowest BCUT2D eigenvalue weighted by Crippen LogP contribution is -2.45. The molecule has 28 heavy (non-hydrogen) atoms. The zero-order chi connectivity index (χ0) is 20.0. The van der Waals surface area contributed by atoms with Crippen molar-refractivity contribution in [1.82, 2.24) is 5.32 Å². The third-order valence-corrected chi connectivity index (χ3v) is 5.17. The molecular formula is C20H21ClN2O5. The minimum atomic E-state index is -0.592. The second-order valence-corrected chi connectivity index (χ2v) is 7.13. The van der Waals surface area contributed by atoms with Gasteiger partial charge in [-0.15, -0.1) is 0 Å². The highest BCUT2D eigenvalue weighted by molar-refractivity contribution is 6.30. The Morgan fingerprint density at radius 1 is 1.21 bits per heavy atom. The Morgan fingerprint density at radius 3 is 2.61 bits per heavy atom. The Labute approximate surface area is 167 Å². The normalized spacial score (nSPS) is 15.6. The summed E-state index contributed by atoms with van der Waals surface area (Å²) < 4.78 is 10.8. The summed E-state index contributed by atoms with van der Waals surface area (Å²) in [5, 5.41) is 14.2. The molecule has 1 heterocycles. The molecule has 1 fully saturated rings. The molecule has 3 rings (SSSR count). The second-order valence-electron chi connectivity index (χ2n) is 6.69. The number of benzene rings is 2. The van der Waals surface area contributed by atoms with Crippen LogP contribution in [0.3, 0.4) is 0 Å². The molecule has 148 valence electrons. The highest BCUT2D eigenvalue weighted by Gasteiger charge is 2.34. The first-order valence-corrected chi connectivity index (χ1v) is 9.35. The quantitative estimate of drug-likeness (QED) is 0.563. The Balaban J connectivity index is 1.62. The summed E-state index contributed by atoms with van der Waals surface area (Å²) in [7, 11) is 0. The van der Waals surface area contributed by atoms with Crippen LogP contribution in [-0.2, 0) is 14.9 Å². The predicted molar refractivity (Wildman–Crippen MR) is 105 cm³/mol. The number of hydrogen-bond donors (Lipinski definition) is 1. The van der Waals surface area contributed by atoms with Crippen molar-refractivity contribution in [3.05, 3.63) is 69.2 Å². The molecule has 2 aromatic rings. The first kappa shape index (κ1) is 20.1. The van der Waals surface area contributed by atoms with E-state index in [-0.39, 0.29) is 34.4 Å². The van der Waals surface area contributed by atoms with Gasteiger partial charge in [0.15, 0.2) is 12.4 Å². The van der Waals surface area contributed by atoms with Gasteiger partial charge in [-0.05, 0) is 30.5 Å². The number of rotatable bonds is 7. The summed E-state index contributed by atoms with van der Waals surface area (Å²) in [5.74, 6) is -0.334. The SMILES string of the molecule is O=C(COc1ccc(Cl)cc1[N+](=O)[O-])NCC1(c2ccccc2)CCOCC1. The van der Waals surface area contributed by atoms with Crippen molar-refractivity contribution in [3.63, 3.8) is 0 Å². The van der Waals surface area contributed by atoms with Gasteiger partial charge in [0, 0.05) is 36.3 Å². The van der Waals surface area contributed by atoms with E-state index in [0.717, 1.165) is 18.4 Å². The maximum atomic E-state index is 12.3. The molecule has 0 aliphatic carbocycles. The van der Waals surface area contributed by atoms with Crippen LogP contribution in [0.25, 0.3) is 0 Å². The molecule has 0 saturated carbocycles. The summed E-state index contributed by atoms with van der Waals surface area (Å²) in [6.07, 6.45) is 1.61. The second kappa shape index (κ2) is 9.03. The molecular weight excluding hydrogens is 384 g/mol. The van der Waals surface area contributed by atoms with Crippen LogP contribution in [0.4, 0.5) is 5.69 Å². The van der Waals surface area contributed by atoms with E-state index in [1.165, 1.54) is 18.2 Å². The molecule has 0 spiro atoms. The average Bonchev–Trinajstić information content (AvgIpc) is 2.72. The number of nitro groups is 1. The molecule has 0 radical (unpaired) electrons. The number of nitrogens with one attached hydrogen (secondary N) is 1. The van der Waals surface area contributed by atoms with E-state index in [1.54, 1.807) is 0 Å². The number of amides is 1. The Morgan fingerprint density at radius 2 is 1.93 bits per heavy atom. The van der Waals surface area contributed by atoms with Gasteiger partial charge in [-0.25, -0.2) is 0 Å². The van der Waals surface area contributed by atoms with Crippen molar-refractivity contribution in [2.45, 2.75) is 18.3 Å². The van der Waals surface area contributed by atoms with Gasteiger partial charge < -0.3 is 14.8 Å². The third kappa shape index (κ3) is 4.79. The number of carbonyl (C=O) groups excluding carboxylic acids is 1. The molecule has 1 saturated heterocycles. The van der Waals surface area contributed by atoms with E-state index < -0.39 is 4.92 Å². The molecule has 7 nitrogen and oxygen atoms in total. The van der Waals surface area contributed by atoms with Crippen molar-refractivity contribution in [2.24, 2.45) is 0 Å². The molecule has 1 aliphatic rings. The lowest BCUT2D eigenvalue weighted by Gasteiger charge is -2.38. The van der Waals surface area contributed by atoms with Crippen LogP contribution in [0.1, 0.15) is 18.4 Å². The number of ether oxygens (including phenoxy) is 2. The van der Waals surface area contributed by atoms with Crippen molar-refractivity contribution in [2.75, 3.05) is 26.4 Å². The Bertz CT molecular complexity index is 838. The molecule has 8 heteroatoms. The molecule has 0 bridgehead atoms. The van der Waals surface area contributed by atoms with Crippen LogP contribution >= 0.6 is 11.6 Å². The van der Waals surface area contributed by atoms with Gasteiger partial charge in [0.05, 0.1) is 4.92 Å². The Kier molecular flexibility index (Phi) is 6.49. The van der Waals surface area contributed by atoms with Crippen LogP contribution in [0, 0.1) is 10.1 Å². The zero-order valence-electron chi connectivity index (χ0n) is 15.2. The number of nitro benzene ring substituents is 1. The first-order valence-electron chi connectivity index (χ1n) is 8.97. The van der Waals surface area contributed by atoms with Gasteiger partial charge >= 0.3 is 5.69 Å². The van der Waals surface area contributed by atoms with Crippen molar-refractivity contribution < 1.29 is 19.2 Å². The van der Waals surface area contributed by atoms with Gasteiger partial charge in [-0.1, -0.05) is 41.9 Å². The highest BCUT2D eigenvalue weighted by Crippen LogP contribution is 2.34. The fourth-order valence-electron chi connectivity index (χ4n) is 3.34. The van der Waals surface area contributed by atoms with Crippen molar-refractivity contribution >= 4 is 23.2 Å². The van der Waals surface area contributed by atoms with E-state index in [4.69, 9.17) is 21.1 Å². The van der Waals surface area contributed by atoms with Gasteiger partial charge in [-0.2, -0.15) is 0 Å². The number of nitrogens with zero attached hydrogens (tertiary/aromatic N) is 1. The molecule has 2 aromatic carbocycles. The lowest BCUT2D eigenvalue weighted by molar-refractivity contribution is -0.385. The van der Waals surface area contributed by atoms with E-state index in [9.17, 15) is 14.9 Å². The monoisotopic (exact) mass is 404 g/mol. The largest absolute Gasteiger partial charge is 0.477 e. The van der Waals surface area contributed by atoms with Crippen LogP contribution in [0.5, 0.6) is 5.75 Å². The molecule has 1 aliphatic heterocycles.